The molecule has 3 aromatic rings. The lowest BCUT2D eigenvalue weighted by Gasteiger charge is -2.12. The molecule has 3 rings (SSSR count). The van der Waals surface area contributed by atoms with E-state index in [-0.39, 0.29) is 23.6 Å². The van der Waals surface area contributed by atoms with Crippen molar-refractivity contribution >= 4 is 23.3 Å². The van der Waals surface area contributed by atoms with Crippen LogP contribution < -0.4 is 10.9 Å². The number of aryl methyl sites for hydroxylation is 1. The van der Waals surface area contributed by atoms with Gasteiger partial charge in [-0.15, -0.1) is 0 Å². The zero-order valence-corrected chi connectivity index (χ0v) is 16.7. The number of nitrogens with zero attached hydrogens (tertiary/aromatic N) is 3. The lowest BCUT2D eigenvalue weighted by atomic mass is 10.1. The molecular formula is C21H18N4O6. The topological polar surface area (TPSA) is 133 Å². The molecule has 0 spiro atoms. The quantitative estimate of drug-likeness (QED) is 0.367. The van der Waals surface area contributed by atoms with Crippen molar-refractivity contribution in [1.82, 2.24) is 9.78 Å². The van der Waals surface area contributed by atoms with Crippen molar-refractivity contribution in [2.24, 2.45) is 0 Å². The molecule has 10 nitrogen and oxygen atoms in total. The normalized spacial score (nSPS) is 10.4. The minimum atomic E-state index is -0.868. The Hall–Kier alpha value is -4.34. The fraction of sp³-hybridized carbons (Fsp3) is 0.143. The van der Waals surface area contributed by atoms with Gasteiger partial charge < -0.3 is 10.1 Å². The second-order valence-electron chi connectivity index (χ2n) is 6.44. The zero-order valence-electron chi connectivity index (χ0n) is 16.7. The predicted molar refractivity (Wildman–Crippen MR) is 112 cm³/mol. The number of benzene rings is 2. The van der Waals surface area contributed by atoms with Crippen molar-refractivity contribution < 1.29 is 19.2 Å². The van der Waals surface area contributed by atoms with Gasteiger partial charge in [-0.1, -0.05) is 29.8 Å². The number of carbonyl (C=O) groups is 2. The summed E-state index contributed by atoms with van der Waals surface area (Å²) in [5.74, 6) is -1.73. The lowest BCUT2D eigenvalue weighted by Crippen LogP contribution is -2.27. The largest absolute Gasteiger partial charge is 0.461 e. The molecule has 0 aliphatic carbocycles. The molecule has 0 unspecified atom stereocenters. The SMILES string of the molecule is CCOC(=O)c1nn(-c2ccc(C)cc2)c(=O)cc1NC(=O)c1ccccc1[N+](=O)[O-]. The number of nitrogens with one attached hydrogen (secondary N) is 1. The molecule has 0 bridgehead atoms. The predicted octanol–water partition coefficient (Wildman–Crippen LogP) is 2.88. The Morgan fingerprint density at radius 3 is 2.48 bits per heavy atom. The number of ether oxygens (including phenoxy) is 1. The third kappa shape index (κ3) is 4.64. The molecule has 0 atom stereocenters. The van der Waals surface area contributed by atoms with Gasteiger partial charge in [0.1, 0.15) is 5.56 Å². The van der Waals surface area contributed by atoms with Gasteiger partial charge in [0.2, 0.25) is 0 Å². The Kier molecular flexibility index (Phi) is 6.20. The highest BCUT2D eigenvalue weighted by atomic mass is 16.6. The van der Waals surface area contributed by atoms with Gasteiger partial charge in [0.15, 0.2) is 5.69 Å². The maximum absolute atomic E-state index is 12.7. The maximum Gasteiger partial charge on any atom is 0.360 e. The van der Waals surface area contributed by atoms with Crippen molar-refractivity contribution in [3.8, 4) is 5.69 Å². The van der Waals surface area contributed by atoms with Gasteiger partial charge in [0.25, 0.3) is 17.2 Å². The molecule has 1 heterocycles. The van der Waals surface area contributed by atoms with E-state index in [2.05, 4.69) is 10.4 Å². The van der Waals surface area contributed by atoms with E-state index in [1.165, 1.54) is 24.3 Å². The third-order valence-electron chi connectivity index (χ3n) is 4.27. The van der Waals surface area contributed by atoms with Crippen molar-refractivity contribution in [2.45, 2.75) is 13.8 Å². The molecule has 2 aromatic carbocycles. The molecular weight excluding hydrogens is 404 g/mol. The highest BCUT2D eigenvalue weighted by Crippen LogP contribution is 2.21. The second-order valence-corrected chi connectivity index (χ2v) is 6.44. The van der Waals surface area contributed by atoms with E-state index in [0.717, 1.165) is 16.3 Å². The van der Waals surface area contributed by atoms with Crippen molar-refractivity contribution in [2.75, 3.05) is 11.9 Å². The summed E-state index contributed by atoms with van der Waals surface area (Å²) in [6, 6.07) is 13.2. The number of rotatable bonds is 6. The van der Waals surface area contributed by atoms with E-state index in [4.69, 9.17) is 4.74 Å². The number of hydrogen-bond donors (Lipinski definition) is 1. The van der Waals surface area contributed by atoms with E-state index in [1.807, 2.05) is 6.92 Å². The number of nitro groups is 1. The number of esters is 1. The second kappa shape index (κ2) is 8.99. The number of hydrogen-bond acceptors (Lipinski definition) is 7. The number of anilines is 1. The number of nitro benzene ring substituents is 1. The van der Waals surface area contributed by atoms with Crippen LogP contribution in [0.4, 0.5) is 11.4 Å². The molecule has 0 radical (unpaired) electrons. The summed E-state index contributed by atoms with van der Waals surface area (Å²) in [5, 5.41) is 17.7. The van der Waals surface area contributed by atoms with Crippen LogP contribution in [0.3, 0.4) is 0 Å². The van der Waals surface area contributed by atoms with Crippen LogP contribution in [0.2, 0.25) is 0 Å². The average molecular weight is 422 g/mol. The van der Waals surface area contributed by atoms with Crippen LogP contribution in [0.5, 0.6) is 0 Å². The fourth-order valence-corrected chi connectivity index (χ4v) is 2.79. The van der Waals surface area contributed by atoms with Gasteiger partial charge in [-0.25, -0.2) is 4.79 Å². The molecule has 0 saturated heterocycles. The Labute approximate surface area is 176 Å². The van der Waals surface area contributed by atoms with Crippen LogP contribution in [0.25, 0.3) is 5.69 Å². The van der Waals surface area contributed by atoms with Gasteiger partial charge in [-0.3, -0.25) is 19.7 Å². The van der Waals surface area contributed by atoms with Crippen molar-refractivity contribution in [1.29, 1.82) is 0 Å². The van der Waals surface area contributed by atoms with Gasteiger partial charge in [-0.05, 0) is 32.0 Å². The van der Waals surface area contributed by atoms with Crippen LogP contribution in [0.15, 0.2) is 59.4 Å². The van der Waals surface area contributed by atoms with Crippen LogP contribution in [0.1, 0.15) is 33.3 Å². The number of amides is 1. The Morgan fingerprint density at radius 1 is 1.16 bits per heavy atom. The molecule has 31 heavy (non-hydrogen) atoms. The maximum atomic E-state index is 12.7. The van der Waals surface area contributed by atoms with E-state index >= 15 is 0 Å². The highest BCUT2D eigenvalue weighted by Gasteiger charge is 2.24. The molecule has 1 aromatic heterocycles. The molecule has 0 fully saturated rings. The minimum Gasteiger partial charge on any atom is -0.461 e. The van der Waals surface area contributed by atoms with Crippen LogP contribution in [-0.2, 0) is 4.74 Å². The zero-order chi connectivity index (χ0) is 22.5. The Morgan fingerprint density at radius 2 is 1.84 bits per heavy atom. The summed E-state index contributed by atoms with van der Waals surface area (Å²) < 4.78 is 6.00. The summed E-state index contributed by atoms with van der Waals surface area (Å²) in [7, 11) is 0. The minimum absolute atomic E-state index is 0.0434. The van der Waals surface area contributed by atoms with Gasteiger partial charge in [-0.2, -0.15) is 9.78 Å². The summed E-state index contributed by atoms with van der Waals surface area (Å²) in [4.78, 5) is 48.3. The molecule has 0 aliphatic heterocycles. The molecule has 1 N–H and O–H groups in total. The van der Waals surface area contributed by atoms with E-state index in [0.29, 0.717) is 5.69 Å². The Balaban J connectivity index is 2.07. The first-order chi connectivity index (χ1) is 14.8. The summed E-state index contributed by atoms with van der Waals surface area (Å²) >= 11 is 0. The van der Waals surface area contributed by atoms with E-state index in [9.17, 15) is 24.5 Å². The van der Waals surface area contributed by atoms with Crippen LogP contribution >= 0.6 is 0 Å². The monoisotopic (exact) mass is 422 g/mol. The van der Waals surface area contributed by atoms with E-state index in [1.54, 1.807) is 31.2 Å². The molecule has 0 saturated carbocycles. The number of aromatic nitrogens is 2. The van der Waals surface area contributed by atoms with E-state index < -0.39 is 28.0 Å². The molecule has 1 amide bonds. The van der Waals surface area contributed by atoms with Gasteiger partial charge in [0.05, 0.1) is 22.9 Å². The third-order valence-corrected chi connectivity index (χ3v) is 4.27. The van der Waals surface area contributed by atoms with Crippen LogP contribution in [-0.4, -0.2) is 33.2 Å². The van der Waals surface area contributed by atoms with Crippen molar-refractivity contribution in [3.05, 3.63) is 91.9 Å². The van der Waals surface area contributed by atoms with Gasteiger partial charge in [0, 0.05) is 12.1 Å². The summed E-state index contributed by atoms with van der Waals surface area (Å²) in [5.41, 5.74) is -0.407. The first kappa shape index (κ1) is 21.4. The standard InChI is InChI=1S/C21H18N4O6/c1-3-31-21(28)19-16(22-20(27)15-6-4-5-7-17(15)25(29)30)12-18(26)24(23-19)14-10-8-13(2)9-11-14/h4-12H,3H2,1-2H3,(H,22,27). The summed E-state index contributed by atoms with van der Waals surface area (Å²) in [6.45, 7) is 3.52. The molecule has 0 aliphatic rings. The average Bonchev–Trinajstić information content (AvgIpc) is 2.74. The van der Waals surface area contributed by atoms with Crippen LogP contribution in [0, 0.1) is 17.0 Å². The molecule has 158 valence electrons. The number of carbonyl (C=O) groups excluding carboxylic acids is 2. The highest BCUT2D eigenvalue weighted by molar-refractivity contribution is 6.09. The Bertz CT molecular complexity index is 1220. The summed E-state index contributed by atoms with van der Waals surface area (Å²) in [6.07, 6.45) is 0. The first-order valence-corrected chi connectivity index (χ1v) is 9.25. The lowest BCUT2D eigenvalue weighted by molar-refractivity contribution is -0.385. The smallest absolute Gasteiger partial charge is 0.360 e. The first-order valence-electron chi connectivity index (χ1n) is 9.25. The number of para-hydroxylation sites is 1. The molecule has 10 heteroatoms. The van der Waals surface area contributed by atoms with Crippen molar-refractivity contribution in [3.63, 3.8) is 0 Å². The van der Waals surface area contributed by atoms with Gasteiger partial charge >= 0.3 is 5.97 Å². The fourth-order valence-electron chi connectivity index (χ4n) is 2.79.